The van der Waals surface area contributed by atoms with Crippen molar-refractivity contribution in [1.29, 1.82) is 0 Å². The predicted octanol–water partition coefficient (Wildman–Crippen LogP) is 3.24. The van der Waals surface area contributed by atoms with Crippen molar-refractivity contribution >= 4 is 39.9 Å². The lowest BCUT2D eigenvalue weighted by Crippen LogP contribution is -2.38. The van der Waals surface area contributed by atoms with E-state index in [1.165, 1.54) is 7.76 Å². The highest BCUT2D eigenvalue weighted by Crippen LogP contribution is 2.18. The van der Waals surface area contributed by atoms with Crippen LogP contribution in [0, 0.1) is 2.88 Å². The normalized spacial score (nSPS) is 11.6. The number of halogens is 1. The highest BCUT2D eigenvalue weighted by molar-refractivity contribution is 14.1. The monoisotopic (exact) mass is 403 g/mol. The number of nitrogens with zero attached hydrogens (tertiary/aromatic N) is 1. The fourth-order valence-electron chi connectivity index (χ4n) is 1.69. The summed E-state index contributed by atoms with van der Waals surface area (Å²) < 4.78 is 6.61. The summed E-state index contributed by atoms with van der Waals surface area (Å²) in [4.78, 5) is 5.89. The third-order valence-corrected chi connectivity index (χ3v) is 4.56. The molecule has 2 N–H and O–H groups in total. The Labute approximate surface area is 136 Å². The topological polar surface area (TPSA) is 49.6 Å². The number of nitrogens with one attached hydrogen (secondary N) is 2. The second-order valence-corrected chi connectivity index (χ2v) is 7.22. The smallest absolute Gasteiger partial charge is 0.191 e. The maximum Gasteiger partial charge on any atom is 0.191 e. The van der Waals surface area contributed by atoms with Gasteiger partial charge >= 0.3 is 0 Å². The molecule has 0 aliphatic rings. The van der Waals surface area contributed by atoms with E-state index in [2.05, 4.69) is 57.3 Å². The van der Waals surface area contributed by atoms with Crippen LogP contribution in [0.3, 0.4) is 0 Å². The third-order valence-electron chi connectivity index (χ3n) is 2.61. The summed E-state index contributed by atoms with van der Waals surface area (Å²) >= 11 is 4.19. The van der Waals surface area contributed by atoms with E-state index in [4.69, 9.17) is 4.42 Å². The van der Waals surface area contributed by atoms with Crippen molar-refractivity contribution in [2.75, 3.05) is 13.1 Å². The molecular formula is C14H18IN3OS. The molecule has 0 spiro atoms. The Balaban J connectivity index is 1.80. The molecule has 0 radical (unpaired) electrons. The van der Waals surface area contributed by atoms with E-state index in [0.717, 1.165) is 31.2 Å². The van der Waals surface area contributed by atoms with Gasteiger partial charge < -0.3 is 15.1 Å². The van der Waals surface area contributed by atoms with Crippen LogP contribution < -0.4 is 10.6 Å². The van der Waals surface area contributed by atoms with Gasteiger partial charge in [0.1, 0.15) is 12.3 Å². The zero-order valence-corrected chi connectivity index (χ0v) is 14.3. The first kappa shape index (κ1) is 15.4. The standard InChI is InChI=1S/C14H18IN3OS/c1-2-16-14(18-10-11-4-3-9-19-11)17-8-7-12-5-6-13(15)20-12/h3-6,9H,2,7-8,10H2,1H3,(H2,16,17,18). The number of hydrogen-bond acceptors (Lipinski definition) is 3. The van der Waals surface area contributed by atoms with Gasteiger partial charge in [-0.2, -0.15) is 0 Å². The van der Waals surface area contributed by atoms with Crippen molar-refractivity contribution in [1.82, 2.24) is 10.6 Å². The summed E-state index contributed by atoms with van der Waals surface area (Å²) in [5.74, 6) is 1.70. The first-order valence-electron chi connectivity index (χ1n) is 6.56. The van der Waals surface area contributed by atoms with Crippen LogP contribution in [0.4, 0.5) is 0 Å². The van der Waals surface area contributed by atoms with Crippen molar-refractivity contribution in [3.63, 3.8) is 0 Å². The fraction of sp³-hybridized carbons (Fsp3) is 0.357. The van der Waals surface area contributed by atoms with Crippen LogP contribution in [0.15, 0.2) is 39.9 Å². The number of aliphatic imine (C=N–C) groups is 1. The summed E-state index contributed by atoms with van der Waals surface area (Å²) in [6, 6.07) is 8.14. The van der Waals surface area contributed by atoms with E-state index >= 15 is 0 Å². The second kappa shape index (κ2) is 8.31. The van der Waals surface area contributed by atoms with Gasteiger partial charge in [-0.3, -0.25) is 0 Å². The summed E-state index contributed by atoms with van der Waals surface area (Å²) in [5, 5.41) is 6.58. The molecule has 0 atom stereocenters. The van der Waals surface area contributed by atoms with Gasteiger partial charge in [0.05, 0.1) is 9.15 Å². The van der Waals surface area contributed by atoms with Crippen LogP contribution in [0.1, 0.15) is 17.6 Å². The van der Waals surface area contributed by atoms with Crippen molar-refractivity contribution in [2.24, 2.45) is 4.99 Å². The lowest BCUT2D eigenvalue weighted by atomic mass is 10.3. The predicted molar refractivity (Wildman–Crippen MR) is 92.3 cm³/mol. The molecule has 0 unspecified atom stereocenters. The van der Waals surface area contributed by atoms with E-state index in [9.17, 15) is 0 Å². The lowest BCUT2D eigenvalue weighted by Gasteiger charge is -2.10. The highest BCUT2D eigenvalue weighted by atomic mass is 127. The van der Waals surface area contributed by atoms with E-state index in [1.54, 1.807) is 6.26 Å². The van der Waals surface area contributed by atoms with Gasteiger partial charge in [-0.05, 0) is 60.2 Å². The molecule has 6 heteroatoms. The number of rotatable bonds is 6. The maximum absolute atomic E-state index is 5.28. The Morgan fingerprint density at radius 2 is 2.25 bits per heavy atom. The zero-order chi connectivity index (χ0) is 14.2. The van der Waals surface area contributed by atoms with Crippen LogP contribution in [0.2, 0.25) is 0 Å². The molecule has 0 fully saturated rings. The first-order chi connectivity index (χ1) is 9.78. The molecule has 108 valence electrons. The molecule has 2 heterocycles. The van der Waals surface area contributed by atoms with Gasteiger partial charge in [0.25, 0.3) is 0 Å². The molecule has 0 saturated heterocycles. The van der Waals surface area contributed by atoms with E-state index in [-0.39, 0.29) is 0 Å². The van der Waals surface area contributed by atoms with Gasteiger partial charge in [-0.25, -0.2) is 4.99 Å². The summed E-state index contributed by atoms with van der Waals surface area (Å²) in [6.07, 6.45) is 2.68. The summed E-state index contributed by atoms with van der Waals surface area (Å²) in [7, 11) is 0. The first-order valence-corrected chi connectivity index (χ1v) is 8.46. The Kier molecular flexibility index (Phi) is 6.38. The lowest BCUT2D eigenvalue weighted by molar-refractivity contribution is 0.512. The molecule has 4 nitrogen and oxygen atoms in total. The Morgan fingerprint density at radius 3 is 2.90 bits per heavy atom. The van der Waals surface area contributed by atoms with Gasteiger partial charge in [0.2, 0.25) is 0 Å². The average Bonchev–Trinajstić information content (AvgIpc) is 3.08. The summed E-state index contributed by atoms with van der Waals surface area (Å²) in [6.45, 7) is 4.34. The largest absolute Gasteiger partial charge is 0.467 e. The minimum atomic E-state index is 0.555. The number of furan rings is 1. The molecular weight excluding hydrogens is 385 g/mol. The van der Waals surface area contributed by atoms with Crippen LogP contribution in [0.5, 0.6) is 0 Å². The van der Waals surface area contributed by atoms with Gasteiger partial charge in [-0.1, -0.05) is 0 Å². The molecule has 0 aliphatic carbocycles. The van der Waals surface area contributed by atoms with Crippen molar-refractivity contribution in [2.45, 2.75) is 19.9 Å². The Bertz CT molecular complexity index is 536. The molecule has 20 heavy (non-hydrogen) atoms. The molecule has 0 saturated carbocycles. The van der Waals surface area contributed by atoms with Crippen LogP contribution in [-0.4, -0.2) is 19.0 Å². The zero-order valence-electron chi connectivity index (χ0n) is 11.4. The minimum Gasteiger partial charge on any atom is -0.467 e. The molecule has 0 bridgehead atoms. The molecule has 2 rings (SSSR count). The average molecular weight is 403 g/mol. The van der Waals surface area contributed by atoms with E-state index < -0.39 is 0 Å². The number of thiophene rings is 1. The van der Waals surface area contributed by atoms with Gasteiger partial charge in [0.15, 0.2) is 5.96 Å². The third kappa shape index (κ3) is 5.16. The molecule has 0 aliphatic heterocycles. The molecule has 0 aromatic carbocycles. The van der Waals surface area contributed by atoms with E-state index in [0.29, 0.717) is 6.54 Å². The van der Waals surface area contributed by atoms with Crippen LogP contribution in [-0.2, 0) is 13.0 Å². The SMILES string of the molecule is CCNC(=NCc1ccco1)NCCc1ccc(I)s1. The van der Waals surface area contributed by atoms with Gasteiger partial charge in [-0.15, -0.1) is 11.3 Å². The van der Waals surface area contributed by atoms with E-state index in [1.807, 2.05) is 23.5 Å². The minimum absolute atomic E-state index is 0.555. The maximum atomic E-state index is 5.28. The van der Waals surface area contributed by atoms with Crippen molar-refractivity contribution in [3.05, 3.63) is 44.0 Å². The Morgan fingerprint density at radius 1 is 1.35 bits per heavy atom. The fourth-order valence-corrected chi connectivity index (χ4v) is 3.45. The number of hydrogen-bond donors (Lipinski definition) is 2. The quantitative estimate of drug-likeness (QED) is 0.442. The molecule has 2 aromatic rings. The Hall–Kier alpha value is -1.02. The van der Waals surface area contributed by atoms with Crippen molar-refractivity contribution in [3.8, 4) is 0 Å². The molecule has 2 aromatic heterocycles. The van der Waals surface area contributed by atoms with Gasteiger partial charge in [0, 0.05) is 18.0 Å². The van der Waals surface area contributed by atoms with Crippen LogP contribution in [0.25, 0.3) is 0 Å². The molecule has 0 amide bonds. The van der Waals surface area contributed by atoms with Crippen molar-refractivity contribution < 1.29 is 4.42 Å². The van der Waals surface area contributed by atoms with Crippen LogP contribution >= 0.6 is 33.9 Å². The second-order valence-electron chi connectivity index (χ2n) is 4.16. The number of guanidine groups is 1. The highest BCUT2D eigenvalue weighted by Gasteiger charge is 2.01. The summed E-state index contributed by atoms with van der Waals surface area (Å²) in [5.41, 5.74) is 0.